The summed E-state index contributed by atoms with van der Waals surface area (Å²) in [6.07, 6.45) is -0.458. The standard InChI is InChI=1S/C13H20N2O4/c1-9-5-11(16)6-10(2)15(9)8-12(17)14-7-13(18-3)19-4/h5-6,13H,7-8H2,1-4H3,(H,14,17). The number of nitrogens with zero attached hydrogens (tertiary/aromatic N) is 1. The molecule has 0 unspecified atom stereocenters. The van der Waals surface area contributed by atoms with Gasteiger partial charge in [-0.15, -0.1) is 0 Å². The zero-order chi connectivity index (χ0) is 14.4. The first-order chi connectivity index (χ1) is 8.97. The van der Waals surface area contributed by atoms with E-state index in [9.17, 15) is 9.59 Å². The molecule has 1 N–H and O–H groups in total. The highest BCUT2D eigenvalue weighted by Gasteiger charge is 2.10. The summed E-state index contributed by atoms with van der Waals surface area (Å²) >= 11 is 0. The molecule has 1 heterocycles. The number of pyridine rings is 1. The third-order valence-electron chi connectivity index (χ3n) is 2.85. The fraction of sp³-hybridized carbons (Fsp3) is 0.538. The predicted molar refractivity (Wildman–Crippen MR) is 71.0 cm³/mol. The second kappa shape index (κ2) is 7.06. The summed E-state index contributed by atoms with van der Waals surface area (Å²) < 4.78 is 11.7. The molecule has 19 heavy (non-hydrogen) atoms. The van der Waals surface area contributed by atoms with E-state index in [0.29, 0.717) is 0 Å². The summed E-state index contributed by atoms with van der Waals surface area (Å²) in [5, 5.41) is 2.71. The van der Waals surface area contributed by atoms with Crippen molar-refractivity contribution >= 4 is 5.91 Å². The molecule has 1 aromatic heterocycles. The van der Waals surface area contributed by atoms with Crippen molar-refractivity contribution < 1.29 is 14.3 Å². The Hall–Kier alpha value is -1.66. The predicted octanol–water partition coefficient (Wildman–Crippen LogP) is 0.200. The number of rotatable bonds is 6. The van der Waals surface area contributed by atoms with Gasteiger partial charge in [0.15, 0.2) is 11.7 Å². The fourth-order valence-corrected chi connectivity index (χ4v) is 1.80. The highest BCUT2D eigenvalue weighted by Crippen LogP contribution is 2.01. The van der Waals surface area contributed by atoms with Crippen molar-refractivity contribution in [3.8, 4) is 0 Å². The lowest BCUT2D eigenvalue weighted by Crippen LogP contribution is -2.36. The molecule has 0 radical (unpaired) electrons. The first-order valence-corrected chi connectivity index (χ1v) is 5.98. The van der Waals surface area contributed by atoms with Gasteiger partial charge in [-0.2, -0.15) is 0 Å². The van der Waals surface area contributed by atoms with Crippen LogP contribution in [0.4, 0.5) is 0 Å². The number of nitrogens with one attached hydrogen (secondary N) is 1. The van der Waals surface area contributed by atoms with Crippen molar-refractivity contribution in [2.45, 2.75) is 26.7 Å². The highest BCUT2D eigenvalue weighted by molar-refractivity contribution is 5.75. The van der Waals surface area contributed by atoms with E-state index in [-0.39, 0.29) is 24.4 Å². The third kappa shape index (κ3) is 4.50. The average molecular weight is 268 g/mol. The quantitative estimate of drug-likeness (QED) is 0.748. The summed E-state index contributed by atoms with van der Waals surface area (Å²) in [6, 6.07) is 3.01. The van der Waals surface area contributed by atoms with Crippen molar-refractivity contribution in [2.24, 2.45) is 0 Å². The minimum absolute atomic E-state index is 0.0505. The van der Waals surface area contributed by atoms with Crippen molar-refractivity contribution in [1.82, 2.24) is 9.88 Å². The van der Waals surface area contributed by atoms with Crippen LogP contribution >= 0.6 is 0 Å². The molecule has 6 nitrogen and oxygen atoms in total. The molecule has 0 atom stereocenters. The number of aromatic nitrogens is 1. The molecule has 0 aliphatic rings. The molecular formula is C13H20N2O4. The molecule has 6 heteroatoms. The van der Waals surface area contributed by atoms with E-state index in [2.05, 4.69) is 5.32 Å². The molecule has 0 aromatic carbocycles. The molecule has 0 fully saturated rings. The average Bonchev–Trinajstić information content (AvgIpc) is 2.35. The monoisotopic (exact) mass is 268 g/mol. The molecule has 0 saturated heterocycles. The van der Waals surface area contributed by atoms with Crippen molar-refractivity contribution in [3.63, 3.8) is 0 Å². The van der Waals surface area contributed by atoms with E-state index in [1.165, 1.54) is 26.4 Å². The molecule has 0 bridgehead atoms. The van der Waals surface area contributed by atoms with Crippen LogP contribution in [0.15, 0.2) is 16.9 Å². The van der Waals surface area contributed by atoms with Gasteiger partial charge in [-0.3, -0.25) is 9.59 Å². The lowest BCUT2D eigenvalue weighted by molar-refractivity contribution is -0.128. The van der Waals surface area contributed by atoms with E-state index in [1.54, 1.807) is 18.4 Å². The molecule has 106 valence electrons. The lowest BCUT2D eigenvalue weighted by atomic mass is 10.3. The Morgan fingerprint density at radius 3 is 2.26 bits per heavy atom. The maximum atomic E-state index is 11.8. The number of aryl methyl sites for hydroxylation is 2. The van der Waals surface area contributed by atoms with Crippen molar-refractivity contribution in [1.29, 1.82) is 0 Å². The van der Waals surface area contributed by atoms with Gasteiger partial charge in [0.05, 0.1) is 6.54 Å². The Morgan fingerprint density at radius 2 is 1.79 bits per heavy atom. The van der Waals surface area contributed by atoms with Crippen LogP contribution < -0.4 is 10.7 Å². The van der Waals surface area contributed by atoms with Crippen LogP contribution in [-0.2, 0) is 20.8 Å². The summed E-state index contributed by atoms with van der Waals surface area (Å²) in [7, 11) is 3.02. The summed E-state index contributed by atoms with van der Waals surface area (Å²) in [4.78, 5) is 23.1. The summed E-state index contributed by atoms with van der Waals surface area (Å²) in [5.74, 6) is -0.158. The van der Waals surface area contributed by atoms with E-state index in [0.717, 1.165) is 11.4 Å². The molecule has 0 saturated carbocycles. The number of methoxy groups -OCH3 is 2. The molecule has 0 spiro atoms. The first-order valence-electron chi connectivity index (χ1n) is 5.98. The van der Waals surface area contributed by atoms with Gasteiger partial charge in [0.25, 0.3) is 0 Å². The third-order valence-corrected chi connectivity index (χ3v) is 2.85. The molecule has 0 aliphatic heterocycles. The van der Waals surface area contributed by atoms with Gasteiger partial charge in [0, 0.05) is 37.7 Å². The lowest BCUT2D eigenvalue weighted by Gasteiger charge is -2.16. The molecule has 0 aliphatic carbocycles. The number of carbonyl (C=O) groups is 1. The van der Waals surface area contributed by atoms with Gasteiger partial charge in [-0.05, 0) is 13.8 Å². The Balaban J connectivity index is 2.65. The van der Waals surface area contributed by atoms with Crippen LogP contribution in [0.3, 0.4) is 0 Å². The van der Waals surface area contributed by atoms with Gasteiger partial charge in [-0.25, -0.2) is 0 Å². The van der Waals surface area contributed by atoms with Crippen LogP contribution in [-0.4, -0.2) is 37.5 Å². The maximum absolute atomic E-state index is 11.8. The second-order valence-corrected chi connectivity index (χ2v) is 4.26. The topological polar surface area (TPSA) is 69.6 Å². The summed E-state index contributed by atoms with van der Waals surface area (Å²) in [6.45, 7) is 4.05. The number of ether oxygens (including phenoxy) is 2. The van der Waals surface area contributed by atoms with Crippen LogP contribution in [0, 0.1) is 13.8 Å². The number of carbonyl (C=O) groups excluding carboxylic acids is 1. The highest BCUT2D eigenvalue weighted by atomic mass is 16.7. The number of hydrogen-bond donors (Lipinski definition) is 1. The molecular weight excluding hydrogens is 248 g/mol. The van der Waals surface area contributed by atoms with Crippen LogP contribution in [0.5, 0.6) is 0 Å². The summed E-state index contributed by atoms with van der Waals surface area (Å²) in [5.41, 5.74) is 1.47. The normalized spacial score (nSPS) is 10.8. The Morgan fingerprint density at radius 1 is 1.26 bits per heavy atom. The minimum Gasteiger partial charge on any atom is -0.354 e. The number of hydrogen-bond acceptors (Lipinski definition) is 4. The number of amides is 1. The Labute approximate surface area is 112 Å². The van der Waals surface area contributed by atoms with Crippen LogP contribution in [0.1, 0.15) is 11.4 Å². The van der Waals surface area contributed by atoms with Gasteiger partial charge in [0.2, 0.25) is 5.91 Å². The van der Waals surface area contributed by atoms with E-state index >= 15 is 0 Å². The Bertz CT molecular complexity index is 466. The van der Waals surface area contributed by atoms with Gasteiger partial charge < -0.3 is 19.4 Å². The maximum Gasteiger partial charge on any atom is 0.240 e. The fourth-order valence-electron chi connectivity index (χ4n) is 1.80. The minimum atomic E-state index is -0.458. The van der Waals surface area contributed by atoms with Gasteiger partial charge in [0.1, 0.15) is 6.54 Å². The van der Waals surface area contributed by atoms with Crippen molar-refractivity contribution in [3.05, 3.63) is 33.7 Å². The van der Waals surface area contributed by atoms with E-state index < -0.39 is 6.29 Å². The van der Waals surface area contributed by atoms with Crippen LogP contribution in [0.25, 0.3) is 0 Å². The largest absolute Gasteiger partial charge is 0.354 e. The zero-order valence-corrected chi connectivity index (χ0v) is 11.7. The SMILES string of the molecule is COC(CNC(=O)Cn1c(C)cc(=O)cc1C)OC. The van der Waals surface area contributed by atoms with Gasteiger partial charge >= 0.3 is 0 Å². The second-order valence-electron chi connectivity index (χ2n) is 4.26. The first kappa shape index (κ1) is 15.4. The Kier molecular flexibility index (Phi) is 5.72. The van der Waals surface area contributed by atoms with E-state index in [4.69, 9.17) is 9.47 Å². The van der Waals surface area contributed by atoms with Gasteiger partial charge in [-0.1, -0.05) is 0 Å². The van der Waals surface area contributed by atoms with Crippen LogP contribution in [0.2, 0.25) is 0 Å². The molecule has 1 aromatic rings. The molecule has 1 amide bonds. The molecule has 1 rings (SSSR count). The van der Waals surface area contributed by atoms with Crippen molar-refractivity contribution in [2.75, 3.05) is 20.8 Å². The van der Waals surface area contributed by atoms with E-state index in [1.807, 2.05) is 0 Å². The zero-order valence-electron chi connectivity index (χ0n) is 11.7. The smallest absolute Gasteiger partial charge is 0.240 e.